The summed E-state index contributed by atoms with van der Waals surface area (Å²) in [5.74, 6) is 1.08. The van der Waals surface area contributed by atoms with Crippen LogP contribution in [0.5, 0.6) is 5.75 Å². The van der Waals surface area contributed by atoms with E-state index < -0.39 is 0 Å². The molecular weight excluding hydrogens is 254 g/mol. The van der Waals surface area contributed by atoms with Gasteiger partial charge >= 0.3 is 0 Å². The zero-order valence-corrected chi connectivity index (χ0v) is 10.1. The van der Waals surface area contributed by atoms with E-state index in [9.17, 15) is 0 Å². The normalized spacial score (nSPS) is 28.9. The molecule has 2 nitrogen and oxygen atoms in total. The summed E-state index contributed by atoms with van der Waals surface area (Å²) in [5.41, 5.74) is 1.42. The highest BCUT2D eigenvalue weighted by Crippen LogP contribution is 2.37. The topological polar surface area (TPSA) is 21.3 Å². The van der Waals surface area contributed by atoms with Crippen molar-refractivity contribution in [2.45, 2.75) is 24.9 Å². The highest BCUT2D eigenvalue weighted by Gasteiger charge is 2.38. The summed E-state index contributed by atoms with van der Waals surface area (Å²) in [5, 5.41) is 3.39. The molecule has 3 heteroatoms. The molecule has 2 heterocycles. The molecule has 0 bridgehead atoms. The number of aryl methyl sites for hydroxylation is 1. The van der Waals surface area contributed by atoms with Gasteiger partial charge in [0, 0.05) is 17.4 Å². The highest BCUT2D eigenvalue weighted by molar-refractivity contribution is 9.10. The molecule has 1 aromatic carbocycles. The van der Waals surface area contributed by atoms with Crippen molar-refractivity contribution in [2.75, 3.05) is 13.1 Å². The number of rotatable bonds is 0. The molecular formula is C12H14BrNO. The van der Waals surface area contributed by atoms with Gasteiger partial charge in [0.15, 0.2) is 0 Å². The fourth-order valence-electron chi connectivity index (χ4n) is 2.51. The molecule has 2 aliphatic rings. The second-order valence-corrected chi connectivity index (χ2v) is 5.38. The van der Waals surface area contributed by atoms with Gasteiger partial charge in [0.05, 0.1) is 0 Å². The van der Waals surface area contributed by atoms with Crippen molar-refractivity contribution < 1.29 is 4.74 Å². The van der Waals surface area contributed by atoms with Crippen LogP contribution < -0.4 is 10.1 Å². The lowest BCUT2D eigenvalue weighted by atomic mass is 9.90. The van der Waals surface area contributed by atoms with Crippen LogP contribution in [0.4, 0.5) is 0 Å². The quantitative estimate of drug-likeness (QED) is 0.780. The second kappa shape index (κ2) is 3.49. The van der Waals surface area contributed by atoms with Crippen molar-refractivity contribution in [3.63, 3.8) is 0 Å². The van der Waals surface area contributed by atoms with Crippen LogP contribution in [-0.2, 0) is 6.42 Å². The molecule has 1 N–H and O–H groups in total. The Morgan fingerprint density at radius 2 is 2.27 bits per heavy atom. The first-order chi connectivity index (χ1) is 7.27. The van der Waals surface area contributed by atoms with Crippen molar-refractivity contribution in [3.8, 4) is 5.75 Å². The molecule has 80 valence electrons. The predicted octanol–water partition coefficient (Wildman–Crippen LogP) is 2.51. The summed E-state index contributed by atoms with van der Waals surface area (Å²) in [7, 11) is 0. The SMILES string of the molecule is Brc1ccc2c(c1)CCC1(CCNC1)O2. The van der Waals surface area contributed by atoms with Crippen molar-refractivity contribution in [1.29, 1.82) is 0 Å². The van der Waals surface area contributed by atoms with E-state index in [0.29, 0.717) is 0 Å². The van der Waals surface area contributed by atoms with Crippen LogP contribution in [0.3, 0.4) is 0 Å². The Morgan fingerprint density at radius 1 is 1.33 bits per heavy atom. The van der Waals surface area contributed by atoms with E-state index in [-0.39, 0.29) is 5.60 Å². The molecule has 0 aromatic heterocycles. The number of fused-ring (bicyclic) bond motifs is 1. The Kier molecular flexibility index (Phi) is 2.25. The lowest BCUT2D eigenvalue weighted by Gasteiger charge is -2.35. The van der Waals surface area contributed by atoms with Crippen molar-refractivity contribution in [3.05, 3.63) is 28.2 Å². The van der Waals surface area contributed by atoms with Gasteiger partial charge in [-0.05, 0) is 43.1 Å². The molecule has 1 fully saturated rings. The summed E-state index contributed by atoms with van der Waals surface area (Å²) in [6, 6.07) is 6.31. The van der Waals surface area contributed by atoms with Crippen molar-refractivity contribution in [1.82, 2.24) is 5.32 Å². The van der Waals surface area contributed by atoms with Crippen LogP contribution in [0.1, 0.15) is 18.4 Å². The maximum Gasteiger partial charge on any atom is 0.123 e. The Bertz CT molecular complexity index is 385. The molecule has 0 saturated carbocycles. The molecule has 3 rings (SSSR count). The highest BCUT2D eigenvalue weighted by atomic mass is 79.9. The van der Waals surface area contributed by atoms with Crippen LogP contribution in [0.15, 0.2) is 22.7 Å². The first-order valence-corrected chi connectivity index (χ1v) is 6.25. The maximum atomic E-state index is 6.15. The number of halogens is 1. The van der Waals surface area contributed by atoms with Gasteiger partial charge in [0.25, 0.3) is 0 Å². The lowest BCUT2D eigenvalue weighted by molar-refractivity contribution is 0.0664. The van der Waals surface area contributed by atoms with E-state index in [1.165, 1.54) is 5.56 Å². The average molecular weight is 268 g/mol. The van der Waals surface area contributed by atoms with Gasteiger partial charge in [-0.1, -0.05) is 15.9 Å². The molecule has 15 heavy (non-hydrogen) atoms. The standard InChI is InChI=1S/C12H14BrNO/c13-10-1-2-11-9(7-10)3-4-12(15-11)5-6-14-8-12/h1-2,7,14H,3-6,8H2. The fourth-order valence-corrected chi connectivity index (χ4v) is 2.92. The minimum atomic E-state index is 0.0842. The van der Waals surface area contributed by atoms with E-state index in [1.54, 1.807) is 0 Å². The monoisotopic (exact) mass is 267 g/mol. The van der Waals surface area contributed by atoms with Crippen molar-refractivity contribution in [2.24, 2.45) is 0 Å². The number of hydrogen-bond donors (Lipinski definition) is 1. The zero-order valence-electron chi connectivity index (χ0n) is 8.55. The number of benzene rings is 1. The van der Waals surface area contributed by atoms with E-state index in [2.05, 4.69) is 39.4 Å². The molecule has 1 atom stereocenters. The Labute approximate surface area is 98.1 Å². The third-order valence-corrected chi connectivity index (χ3v) is 3.90. The van der Waals surface area contributed by atoms with Gasteiger partial charge in [-0.15, -0.1) is 0 Å². The number of hydrogen-bond acceptors (Lipinski definition) is 2. The van der Waals surface area contributed by atoms with Gasteiger partial charge < -0.3 is 10.1 Å². The smallest absolute Gasteiger partial charge is 0.123 e. The average Bonchev–Trinajstić information content (AvgIpc) is 2.67. The van der Waals surface area contributed by atoms with E-state index in [4.69, 9.17) is 4.74 Å². The molecule has 1 unspecified atom stereocenters. The van der Waals surface area contributed by atoms with Gasteiger partial charge in [0.2, 0.25) is 0 Å². The Morgan fingerprint density at radius 3 is 3.07 bits per heavy atom. The largest absolute Gasteiger partial charge is 0.486 e. The molecule has 1 spiro atoms. The van der Waals surface area contributed by atoms with Crippen molar-refractivity contribution >= 4 is 15.9 Å². The first kappa shape index (κ1) is 9.67. The second-order valence-electron chi connectivity index (χ2n) is 4.46. The molecule has 0 aliphatic carbocycles. The third kappa shape index (κ3) is 1.68. The maximum absolute atomic E-state index is 6.15. The Hall–Kier alpha value is -0.540. The van der Waals surface area contributed by atoms with Crippen LogP contribution in [0.25, 0.3) is 0 Å². The third-order valence-electron chi connectivity index (χ3n) is 3.40. The molecule has 0 radical (unpaired) electrons. The predicted molar refractivity (Wildman–Crippen MR) is 63.3 cm³/mol. The van der Waals surface area contributed by atoms with Crippen LogP contribution in [0, 0.1) is 0 Å². The summed E-state index contributed by atoms with van der Waals surface area (Å²) in [6.07, 6.45) is 3.42. The lowest BCUT2D eigenvalue weighted by Crippen LogP contribution is -2.41. The molecule has 2 aliphatic heterocycles. The van der Waals surface area contributed by atoms with Crippen LogP contribution in [0.2, 0.25) is 0 Å². The van der Waals surface area contributed by atoms with Crippen LogP contribution in [-0.4, -0.2) is 18.7 Å². The van der Waals surface area contributed by atoms with Gasteiger partial charge in [0.1, 0.15) is 11.4 Å². The number of ether oxygens (including phenoxy) is 1. The van der Waals surface area contributed by atoms with E-state index in [0.717, 1.165) is 42.6 Å². The van der Waals surface area contributed by atoms with E-state index >= 15 is 0 Å². The van der Waals surface area contributed by atoms with E-state index in [1.807, 2.05) is 0 Å². The molecule has 1 saturated heterocycles. The minimum absolute atomic E-state index is 0.0842. The number of nitrogens with one attached hydrogen (secondary N) is 1. The molecule has 1 aromatic rings. The summed E-state index contributed by atoms with van der Waals surface area (Å²) < 4.78 is 7.30. The zero-order chi connectivity index (χ0) is 10.3. The van der Waals surface area contributed by atoms with Gasteiger partial charge in [-0.25, -0.2) is 0 Å². The minimum Gasteiger partial charge on any atom is -0.486 e. The fraction of sp³-hybridized carbons (Fsp3) is 0.500. The summed E-state index contributed by atoms with van der Waals surface area (Å²) in [6.45, 7) is 2.09. The van der Waals surface area contributed by atoms with Crippen LogP contribution >= 0.6 is 15.9 Å². The Balaban J connectivity index is 1.93. The first-order valence-electron chi connectivity index (χ1n) is 5.46. The van der Waals surface area contributed by atoms with Gasteiger partial charge in [-0.3, -0.25) is 0 Å². The molecule has 0 amide bonds. The summed E-state index contributed by atoms with van der Waals surface area (Å²) >= 11 is 3.50. The summed E-state index contributed by atoms with van der Waals surface area (Å²) in [4.78, 5) is 0. The van der Waals surface area contributed by atoms with Gasteiger partial charge in [-0.2, -0.15) is 0 Å².